The lowest BCUT2D eigenvalue weighted by atomic mass is 9.84. The number of piperidine rings is 3. The molecule has 0 radical (unpaired) electrons. The molecule has 0 aliphatic carbocycles. The molecule has 2 bridgehead atoms. The molecule has 0 spiro atoms. The first kappa shape index (κ1) is 13.6. The Morgan fingerprint density at radius 3 is 2.40 bits per heavy atom. The summed E-state index contributed by atoms with van der Waals surface area (Å²) in [7, 11) is 0. The van der Waals surface area contributed by atoms with Gasteiger partial charge in [0.1, 0.15) is 0 Å². The van der Waals surface area contributed by atoms with Crippen molar-refractivity contribution in [3.8, 4) is 0 Å². The minimum absolute atomic E-state index is 0.143. The molecule has 3 heterocycles. The van der Waals surface area contributed by atoms with Crippen LogP contribution in [-0.4, -0.2) is 36.5 Å². The Labute approximate surface area is 120 Å². The van der Waals surface area contributed by atoms with Crippen molar-refractivity contribution < 1.29 is 4.79 Å². The molecule has 1 unspecified atom stereocenters. The van der Waals surface area contributed by atoms with Crippen LogP contribution in [0.3, 0.4) is 0 Å². The topological polar surface area (TPSA) is 58.4 Å². The zero-order valence-electron chi connectivity index (χ0n) is 11.8. The van der Waals surface area contributed by atoms with Crippen molar-refractivity contribution in [2.24, 2.45) is 11.7 Å². The molecule has 1 atom stereocenters. The second kappa shape index (κ2) is 5.94. The fourth-order valence-electron chi connectivity index (χ4n) is 3.37. The number of carbonyl (C=O) groups excluding carboxylic acids is 1. The molecule has 4 heteroatoms. The average Bonchev–Trinajstić information content (AvgIpc) is 2.49. The normalized spacial score (nSPS) is 28.4. The van der Waals surface area contributed by atoms with Gasteiger partial charge in [0.15, 0.2) is 0 Å². The summed E-state index contributed by atoms with van der Waals surface area (Å²) in [6.07, 6.45) is 2.93. The predicted molar refractivity (Wildman–Crippen MR) is 79.1 cm³/mol. The molecular formula is C16H23N3O. The van der Waals surface area contributed by atoms with Crippen LogP contribution in [0.2, 0.25) is 0 Å². The highest BCUT2D eigenvalue weighted by Gasteiger charge is 2.34. The van der Waals surface area contributed by atoms with Crippen LogP contribution < -0.4 is 11.1 Å². The van der Waals surface area contributed by atoms with Gasteiger partial charge >= 0.3 is 0 Å². The maximum absolute atomic E-state index is 12.2. The van der Waals surface area contributed by atoms with Crippen LogP contribution in [0.15, 0.2) is 24.3 Å². The molecule has 1 amide bonds. The lowest BCUT2D eigenvalue weighted by Crippen LogP contribution is -2.57. The summed E-state index contributed by atoms with van der Waals surface area (Å²) < 4.78 is 0. The average molecular weight is 273 g/mol. The number of nitrogens with zero attached hydrogens (tertiary/aromatic N) is 1. The highest BCUT2D eigenvalue weighted by molar-refractivity contribution is 5.79. The van der Waals surface area contributed by atoms with E-state index in [2.05, 4.69) is 10.2 Å². The van der Waals surface area contributed by atoms with Crippen LogP contribution in [0.5, 0.6) is 0 Å². The molecular weight excluding hydrogens is 250 g/mol. The Bertz CT molecular complexity index is 463. The minimum atomic E-state index is 0.143. The van der Waals surface area contributed by atoms with Crippen molar-refractivity contribution in [1.82, 2.24) is 10.2 Å². The number of nitrogens with one attached hydrogen (secondary N) is 1. The third-order valence-corrected chi connectivity index (χ3v) is 4.63. The molecule has 0 aromatic heterocycles. The molecule has 4 rings (SSSR count). The smallest absolute Gasteiger partial charge is 0.224 e. The third kappa shape index (κ3) is 3.02. The summed E-state index contributed by atoms with van der Waals surface area (Å²) in [6, 6.07) is 8.35. The summed E-state index contributed by atoms with van der Waals surface area (Å²) in [6.45, 7) is 3.99. The highest BCUT2D eigenvalue weighted by atomic mass is 16.1. The molecule has 3 saturated heterocycles. The molecule has 3 aliphatic rings. The van der Waals surface area contributed by atoms with E-state index < -0.39 is 0 Å². The van der Waals surface area contributed by atoms with Gasteiger partial charge in [0, 0.05) is 19.1 Å². The second-order valence-corrected chi connectivity index (χ2v) is 6.01. The first-order chi connectivity index (χ1) is 9.74. The largest absolute Gasteiger partial charge is 0.352 e. The summed E-state index contributed by atoms with van der Waals surface area (Å²) in [5.74, 6) is 0.827. The van der Waals surface area contributed by atoms with Gasteiger partial charge in [-0.05, 0) is 43.0 Å². The summed E-state index contributed by atoms with van der Waals surface area (Å²) in [5, 5.41) is 3.22. The van der Waals surface area contributed by atoms with E-state index in [0.717, 1.165) is 17.7 Å². The fraction of sp³-hybridized carbons (Fsp3) is 0.562. The van der Waals surface area contributed by atoms with Crippen LogP contribution in [0.25, 0.3) is 0 Å². The monoisotopic (exact) mass is 273 g/mol. The molecule has 3 aliphatic heterocycles. The van der Waals surface area contributed by atoms with E-state index >= 15 is 0 Å². The quantitative estimate of drug-likeness (QED) is 0.857. The zero-order valence-corrected chi connectivity index (χ0v) is 11.8. The van der Waals surface area contributed by atoms with E-state index in [1.807, 2.05) is 24.3 Å². The van der Waals surface area contributed by atoms with Crippen molar-refractivity contribution in [2.75, 3.05) is 19.6 Å². The first-order valence-corrected chi connectivity index (χ1v) is 7.54. The van der Waals surface area contributed by atoms with Crippen molar-refractivity contribution in [2.45, 2.75) is 31.8 Å². The Morgan fingerprint density at radius 2 is 1.85 bits per heavy atom. The van der Waals surface area contributed by atoms with E-state index in [0.29, 0.717) is 24.9 Å². The summed E-state index contributed by atoms with van der Waals surface area (Å²) in [4.78, 5) is 14.6. The van der Waals surface area contributed by atoms with E-state index in [-0.39, 0.29) is 5.91 Å². The molecule has 0 saturated carbocycles. The molecule has 108 valence electrons. The third-order valence-electron chi connectivity index (χ3n) is 4.63. The Hall–Kier alpha value is -1.39. The van der Waals surface area contributed by atoms with Gasteiger partial charge in [0.25, 0.3) is 0 Å². The number of hydrogen-bond acceptors (Lipinski definition) is 3. The van der Waals surface area contributed by atoms with Crippen LogP contribution in [0.1, 0.15) is 24.0 Å². The standard InChI is InChI=1S/C16H23N3O/c17-10-13-3-1-12(2-4-13)9-16(20)18-15-11-19-7-5-14(15)6-8-19/h1-4,14-15H,5-11,17H2,(H,18,20). The number of carbonyl (C=O) groups is 1. The number of fused-ring (bicyclic) bond motifs is 3. The number of amides is 1. The fourth-order valence-corrected chi connectivity index (χ4v) is 3.37. The van der Waals surface area contributed by atoms with E-state index in [9.17, 15) is 4.79 Å². The van der Waals surface area contributed by atoms with Crippen molar-refractivity contribution >= 4 is 5.91 Å². The van der Waals surface area contributed by atoms with Crippen LogP contribution >= 0.6 is 0 Å². The number of hydrogen-bond donors (Lipinski definition) is 2. The zero-order chi connectivity index (χ0) is 13.9. The van der Waals surface area contributed by atoms with Crippen molar-refractivity contribution in [3.05, 3.63) is 35.4 Å². The Morgan fingerprint density at radius 1 is 1.20 bits per heavy atom. The molecule has 1 aromatic carbocycles. The summed E-state index contributed by atoms with van der Waals surface area (Å²) >= 11 is 0. The lowest BCUT2D eigenvalue weighted by molar-refractivity contribution is -0.122. The number of nitrogens with two attached hydrogens (primary N) is 1. The van der Waals surface area contributed by atoms with E-state index in [4.69, 9.17) is 5.73 Å². The van der Waals surface area contributed by atoms with E-state index in [1.54, 1.807) is 0 Å². The number of benzene rings is 1. The van der Waals surface area contributed by atoms with Crippen LogP contribution in [0.4, 0.5) is 0 Å². The SMILES string of the molecule is NCc1ccc(CC(=O)NC2CN3CCC2CC3)cc1. The highest BCUT2D eigenvalue weighted by Crippen LogP contribution is 2.27. The van der Waals surface area contributed by atoms with Gasteiger partial charge in [0.05, 0.1) is 6.42 Å². The molecule has 3 N–H and O–H groups in total. The van der Waals surface area contributed by atoms with Gasteiger partial charge in [-0.15, -0.1) is 0 Å². The lowest BCUT2D eigenvalue weighted by Gasteiger charge is -2.44. The summed E-state index contributed by atoms with van der Waals surface area (Å²) in [5.41, 5.74) is 7.74. The molecule has 1 aromatic rings. The predicted octanol–water partition coefficient (Wildman–Crippen LogP) is 0.898. The molecule has 20 heavy (non-hydrogen) atoms. The van der Waals surface area contributed by atoms with Gasteiger partial charge in [-0.1, -0.05) is 24.3 Å². The van der Waals surface area contributed by atoms with Gasteiger partial charge in [-0.2, -0.15) is 0 Å². The first-order valence-electron chi connectivity index (χ1n) is 7.54. The van der Waals surface area contributed by atoms with Crippen LogP contribution in [0, 0.1) is 5.92 Å². The second-order valence-electron chi connectivity index (χ2n) is 6.01. The maximum atomic E-state index is 12.2. The van der Waals surface area contributed by atoms with Gasteiger partial charge in [-0.3, -0.25) is 4.79 Å². The maximum Gasteiger partial charge on any atom is 0.224 e. The van der Waals surface area contributed by atoms with Gasteiger partial charge in [0.2, 0.25) is 5.91 Å². The Kier molecular flexibility index (Phi) is 4.03. The van der Waals surface area contributed by atoms with Gasteiger partial charge < -0.3 is 16.0 Å². The molecule has 4 nitrogen and oxygen atoms in total. The van der Waals surface area contributed by atoms with Crippen molar-refractivity contribution in [3.63, 3.8) is 0 Å². The van der Waals surface area contributed by atoms with Crippen molar-refractivity contribution in [1.29, 1.82) is 0 Å². The minimum Gasteiger partial charge on any atom is -0.352 e. The Balaban J connectivity index is 1.54. The molecule has 3 fully saturated rings. The van der Waals surface area contributed by atoms with Crippen LogP contribution in [-0.2, 0) is 17.8 Å². The van der Waals surface area contributed by atoms with Gasteiger partial charge in [-0.25, -0.2) is 0 Å². The number of rotatable bonds is 4. The van der Waals surface area contributed by atoms with E-state index in [1.165, 1.54) is 25.9 Å².